The molecule has 0 aromatic rings. The molecule has 1 fully saturated rings. The normalized spacial score (nSPS) is 26.9. The Morgan fingerprint density at radius 2 is 2.40 bits per heavy atom. The molecule has 0 aromatic heterocycles. The molecule has 4 nitrogen and oxygen atoms in total. The van der Waals surface area contributed by atoms with Crippen molar-refractivity contribution in [3.63, 3.8) is 0 Å². The number of hydrogen-bond acceptors (Lipinski definition) is 4. The molecular formula is C11H21N3O. The Bertz CT molecular complexity index is 234. The predicted molar refractivity (Wildman–Crippen MR) is 59.3 cm³/mol. The molecule has 0 amide bonds. The summed E-state index contributed by atoms with van der Waals surface area (Å²) in [6.07, 6.45) is 1.73. The molecule has 0 bridgehead atoms. The van der Waals surface area contributed by atoms with Crippen molar-refractivity contribution in [1.29, 1.82) is 5.26 Å². The molecule has 2 unspecified atom stereocenters. The van der Waals surface area contributed by atoms with E-state index in [1.54, 1.807) is 6.92 Å². The van der Waals surface area contributed by atoms with Crippen molar-refractivity contribution in [2.24, 2.45) is 5.73 Å². The van der Waals surface area contributed by atoms with Crippen LogP contribution in [0.1, 0.15) is 26.7 Å². The molecule has 1 aliphatic rings. The molecule has 86 valence electrons. The fraction of sp³-hybridized carbons (Fsp3) is 0.909. The van der Waals surface area contributed by atoms with Gasteiger partial charge in [-0.2, -0.15) is 5.26 Å². The average molecular weight is 211 g/mol. The third-order valence-electron chi connectivity index (χ3n) is 2.90. The summed E-state index contributed by atoms with van der Waals surface area (Å²) in [6.45, 7) is 7.61. The third-order valence-corrected chi connectivity index (χ3v) is 2.90. The molecule has 0 aliphatic carbocycles. The van der Waals surface area contributed by atoms with Crippen LogP contribution in [-0.2, 0) is 4.74 Å². The van der Waals surface area contributed by atoms with Crippen LogP contribution in [0.4, 0.5) is 0 Å². The van der Waals surface area contributed by atoms with Gasteiger partial charge in [0.15, 0.2) is 0 Å². The first-order chi connectivity index (χ1) is 7.05. The Kier molecular flexibility index (Phi) is 4.52. The van der Waals surface area contributed by atoms with E-state index in [0.717, 1.165) is 39.1 Å². The summed E-state index contributed by atoms with van der Waals surface area (Å²) in [4.78, 5) is 2.40. The van der Waals surface area contributed by atoms with E-state index in [9.17, 15) is 0 Å². The van der Waals surface area contributed by atoms with E-state index in [1.807, 2.05) is 0 Å². The molecule has 15 heavy (non-hydrogen) atoms. The first-order valence-electron chi connectivity index (χ1n) is 5.57. The minimum Gasteiger partial charge on any atom is -0.379 e. The molecule has 0 aromatic carbocycles. The third kappa shape index (κ3) is 4.17. The summed E-state index contributed by atoms with van der Waals surface area (Å²) in [6, 6.07) is 2.62. The molecule has 2 N–H and O–H groups in total. The maximum Gasteiger partial charge on any atom is 0.101 e. The van der Waals surface area contributed by atoms with E-state index in [0.29, 0.717) is 6.04 Å². The van der Waals surface area contributed by atoms with Crippen molar-refractivity contribution in [3.05, 3.63) is 0 Å². The topological polar surface area (TPSA) is 62.3 Å². The van der Waals surface area contributed by atoms with Crippen molar-refractivity contribution >= 4 is 0 Å². The lowest BCUT2D eigenvalue weighted by molar-refractivity contribution is -0.00120. The Labute approximate surface area is 92.0 Å². The van der Waals surface area contributed by atoms with E-state index in [-0.39, 0.29) is 0 Å². The van der Waals surface area contributed by atoms with Crippen molar-refractivity contribution < 1.29 is 4.74 Å². The van der Waals surface area contributed by atoms with Crippen LogP contribution in [0.2, 0.25) is 0 Å². The monoisotopic (exact) mass is 211 g/mol. The zero-order chi connectivity index (χ0) is 11.3. The van der Waals surface area contributed by atoms with Crippen molar-refractivity contribution in [1.82, 2.24) is 4.90 Å². The van der Waals surface area contributed by atoms with Gasteiger partial charge in [0, 0.05) is 12.6 Å². The first kappa shape index (κ1) is 12.4. The Morgan fingerprint density at radius 3 is 3.00 bits per heavy atom. The highest BCUT2D eigenvalue weighted by Gasteiger charge is 2.21. The highest BCUT2D eigenvalue weighted by Crippen LogP contribution is 2.11. The Morgan fingerprint density at radius 1 is 1.67 bits per heavy atom. The lowest BCUT2D eigenvalue weighted by atomic mass is 9.99. The van der Waals surface area contributed by atoms with Crippen LogP contribution in [0.3, 0.4) is 0 Å². The minimum atomic E-state index is -0.671. The summed E-state index contributed by atoms with van der Waals surface area (Å²) in [5.41, 5.74) is 5.09. The van der Waals surface area contributed by atoms with E-state index in [1.165, 1.54) is 0 Å². The second-order valence-corrected chi connectivity index (χ2v) is 4.59. The van der Waals surface area contributed by atoms with Gasteiger partial charge in [-0.05, 0) is 33.2 Å². The van der Waals surface area contributed by atoms with Gasteiger partial charge in [-0.1, -0.05) is 0 Å². The van der Waals surface area contributed by atoms with Gasteiger partial charge in [0.1, 0.15) is 5.54 Å². The molecule has 1 heterocycles. The first-order valence-corrected chi connectivity index (χ1v) is 5.57. The average Bonchev–Trinajstić information content (AvgIpc) is 2.21. The largest absolute Gasteiger partial charge is 0.379 e. The molecule has 0 radical (unpaired) electrons. The Balaban J connectivity index is 2.22. The van der Waals surface area contributed by atoms with Crippen LogP contribution in [-0.4, -0.2) is 42.8 Å². The maximum atomic E-state index is 8.77. The second-order valence-electron chi connectivity index (χ2n) is 4.59. The van der Waals surface area contributed by atoms with Gasteiger partial charge in [-0.25, -0.2) is 0 Å². The summed E-state index contributed by atoms with van der Waals surface area (Å²) < 4.78 is 5.36. The maximum absolute atomic E-state index is 8.77. The van der Waals surface area contributed by atoms with Gasteiger partial charge in [0.2, 0.25) is 0 Å². The zero-order valence-corrected chi connectivity index (χ0v) is 9.70. The van der Waals surface area contributed by atoms with E-state index in [2.05, 4.69) is 17.9 Å². The molecule has 4 heteroatoms. The smallest absolute Gasteiger partial charge is 0.101 e. The number of nitriles is 1. The van der Waals surface area contributed by atoms with E-state index in [4.69, 9.17) is 15.7 Å². The van der Waals surface area contributed by atoms with Crippen LogP contribution in [0.25, 0.3) is 0 Å². The van der Waals surface area contributed by atoms with Gasteiger partial charge in [-0.3, -0.25) is 4.90 Å². The summed E-state index contributed by atoms with van der Waals surface area (Å²) in [7, 11) is 0. The highest BCUT2D eigenvalue weighted by atomic mass is 16.5. The summed E-state index contributed by atoms with van der Waals surface area (Å²) >= 11 is 0. The van der Waals surface area contributed by atoms with Crippen LogP contribution in [0, 0.1) is 11.3 Å². The van der Waals surface area contributed by atoms with Crippen molar-refractivity contribution in [2.75, 3.05) is 26.3 Å². The minimum absolute atomic E-state index is 0.491. The molecule has 0 saturated carbocycles. The number of hydrogen-bond donors (Lipinski definition) is 1. The quantitative estimate of drug-likeness (QED) is 0.744. The number of ether oxygens (including phenoxy) is 1. The van der Waals surface area contributed by atoms with Crippen LogP contribution < -0.4 is 5.73 Å². The SMILES string of the molecule is CC1COCCN1CCCC(C)(N)C#N. The summed E-state index contributed by atoms with van der Waals surface area (Å²) in [5, 5.41) is 8.77. The standard InChI is InChI=1S/C11H21N3O/c1-10-8-15-7-6-14(10)5-3-4-11(2,13)9-12/h10H,3-8,13H2,1-2H3. The second kappa shape index (κ2) is 5.45. The number of nitrogens with zero attached hydrogens (tertiary/aromatic N) is 2. The molecule has 1 rings (SSSR count). The van der Waals surface area contributed by atoms with Gasteiger partial charge in [0.25, 0.3) is 0 Å². The number of rotatable bonds is 4. The molecule has 1 aliphatic heterocycles. The number of nitrogens with two attached hydrogens (primary N) is 1. The molecule has 2 atom stereocenters. The predicted octanol–water partition coefficient (Wildman–Crippen LogP) is 0.728. The van der Waals surface area contributed by atoms with Gasteiger partial charge in [-0.15, -0.1) is 0 Å². The van der Waals surface area contributed by atoms with E-state index < -0.39 is 5.54 Å². The van der Waals surface area contributed by atoms with E-state index >= 15 is 0 Å². The zero-order valence-electron chi connectivity index (χ0n) is 9.70. The van der Waals surface area contributed by atoms with Crippen LogP contribution in [0.15, 0.2) is 0 Å². The van der Waals surface area contributed by atoms with Crippen LogP contribution in [0.5, 0.6) is 0 Å². The molecule has 0 spiro atoms. The van der Waals surface area contributed by atoms with Crippen molar-refractivity contribution in [2.45, 2.75) is 38.3 Å². The van der Waals surface area contributed by atoms with Crippen molar-refractivity contribution in [3.8, 4) is 6.07 Å². The molecule has 1 saturated heterocycles. The highest BCUT2D eigenvalue weighted by molar-refractivity contribution is 5.00. The van der Waals surface area contributed by atoms with Gasteiger partial charge in [0.05, 0.1) is 19.3 Å². The fourth-order valence-electron chi connectivity index (χ4n) is 1.80. The fourth-order valence-corrected chi connectivity index (χ4v) is 1.80. The molecular weight excluding hydrogens is 190 g/mol. The van der Waals surface area contributed by atoms with Crippen LogP contribution >= 0.6 is 0 Å². The van der Waals surface area contributed by atoms with Gasteiger partial charge >= 0.3 is 0 Å². The summed E-state index contributed by atoms with van der Waals surface area (Å²) in [5.74, 6) is 0. The Hall–Kier alpha value is -0.630. The van der Waals surface area contributed by atoms with Gasteiger partial charge < -0.3 is 10.5 Å². The lowest BCUT2D eigenvalue weighted by Gasteiger charge is -2.33. The number of morpholine rings is 1. The lowest BCUT2D eigenvalue weighted by Crippen LogP contribution is -2.44.